The Balaban J connectivity index is 2.06. The number of amides is 1. The molecule has 108 valence electrons. The Labute approximate surface area is 128 Å². The van der Waals surface area contributed by atoms with E-state index in [4.69, 9.17) is 28.4 Å². The normalized spacial score (nSPS) is 10.1. The number of hydrogen-bond acceptors (Lipinski definition) is 3. The lowest BCUT2D eigenvalue weighted by molar-refractivity contribution is 0.100. The summed E-state index contributed by atoms with van der Waals surface area (Å²) in [6, 6.07) is 12.5. The summed E-state index contributed by atoms with van der Waals surface area (Å²) in [5, 5.41) is 0. The Bertz CT molecular complexity index is 681. The molecule has 0 aliphatic carbocycles. The van der Waals surface area contributed by atoms with Gasteiger partial charge in [-0.25, -0.2) is 0 Å². The zero-order valence-corrected chi connectivity index (χ0v) is 12.4. The van der Waals surface area contributed by atoms with Crippen LogP contribution in [0.1, 0.15) is 27.0 Å². The third-order valence-corrected chi connectivity index (χ3v) is 3.40. The summed E-state index contributed by atoms with van der Waals surface area (Å²) in [5.74, 6) is 0.226. The Kier molecular flexibility index (Phi) is 4.55. The van der Waals surface area contributed by atoms with E-state index in [2.05, 4.69) is 0 Å². The topological polar surface area (TPSA) is 78.3 Å². The molecule has 4 N–H and O–H groups in total. The van der Waals surface area contributed by atoms with Gasteiger partial charge >= 0.3 is 0 Å². The monoisotopic (exact) mass is 300 g/mol. The van der Waals surface area contributed by atoms with Gasteiger partial charge in [0.15, 0.2) is 0 Å². The number of carbonyl (C=O) groups excluding carboxylic acids is 1. The van der Waals surface area contributed by atoms with Crippen LogP contribution in [0.5, 0.6) is 5.75 Å². The molecule has 5 heteroatoms. The molecule has 0 saturated heterocycles. The summed E-state index contributed by atoms with van der Waals surface area (Å²) >= 11 is 4.95. The van der Waals surface area contributed by atoms with Crippen molar-refractivity contribution in [3.05, 3.63) is 64.7 Å². The van der Waals surface area contributed by atoms with Gasteiger partial charge in [0.25, 0.3) is 0 Å². The third-order valence-electron chi connectivity index (χ3n) is 3.16. The van der Waals surface area contributed by atoms with E-state index in [1.54, 1.807) is 24.3 Å². The molecule has 1 amide bonds. The fourth-order valence-electron chi connectivity index (χ4n) is 1.89. The van der Waals surface area contributed by atoms with Gasteiger partial charge in [0.05, 0.1) is 0 Å². The first-order valence-corrected chi connectivity index (χ1v) is 6.80. The van der Waals surface area contributed by atoms with Crippen LogP contribution in [-0.4, -0.2) is 10.9 Å². The molecule has 2 aromatic rings. The number of carbonyl (C=O) groups is 1. The van der Waals surface area contributed by atoms with E-state index < -0.39 is 5.91 Å². The quantitative estimate of drug-likeness (QED) is 0.831. The van der Waals surface area contributed by atoms with Crippen molar-refractivity contribution in [3.63, 3.8) is 0 Å². The average molecular weight is 300 g/mol. The number of hydrogen-bond donors (Lipinski definition) is 2. The fourth-order valence-corrected chi connectivity index (χ4v) is 2.01. The molecule has 0 atom stereocenters. The number of nitrogens with two attached hydrogens (primary N) is 2. The number of thiocarbonyl (C=S) groups is 1. The first kappa shape index (κ1) is 15.0. The van der Waals surface area contributed by atoms with Crippen molar-refractivity contribution >= 4 is 23.1 Å². The van der Waals surface area contributed by atoms with Gasteiger partial charge in [-0.3, -0.25) is 4.79 Å². The van der Waals surface area contributed by atoms with Crippen molar-refractivity contribution in [2.75, 3.05) is 0 Å². The molecule has 21 heavy (non-hydrogen) atoms. The average Bonchev–Trinajstić information content (AvgIpc) is 2.46. The summed E-state index contributed by atoms with van der Waals surface area (Å²) in [6.45, 7) is 2.41. The van der Waals surface area contributed by atoms with Gasteiger partial charge in [-0.2, -0.15) is 0 Å². The Morgan fingerprint density at radius 3 is 2.24 bits per heavy atom. The zero-order chi connectivity index (χ0) is 15.4. The number of rotatable bonds is 5. The molecule has 0 heterocycles. The van der Waals surface area contributed by atoms with Gasteiger partial charge in [-0.05, 0) is 48.4 Å². The number of aryl methyl sites for hydroxylation is 1. The second-order valence-corrected chi connectivity index (χ2v) is 5.12. The minimum Gasteiger partial charge on any atom is -0.489 e. The summed E-state index contributed by atoms with van der Waals surface area (Å²) in [5.41, 5.74) is 14.2. The molecule has 0 aliphatic heterocycles. The van der Waals surface area contributed by atoms with E-state index in [1.807, 2.05) is 25.1 Å². The van der Waals surface area contributed by atoms with Gasteiger partial charge in [-0.1, -0.05) is 24.4 Å². The van der Waals surface area contributed by atoms with Crippen LogP contribution in [0.15, 0.2) is 42.5 Å². The van der Waals surface area contributed by atoms with E-state index in [9.17, 15) is 4.79 Å². The van der Waals surface area contributed by atoms with E-state index >= 15 is 0 Å². The molecule has 0 bridgehead atoms. The van der Waals surface area contributed by atoms with Crippen molar-refractivity contribution in [1.82, 2.24) is 0 Å². The minimum absolute atomic E-state index is 0.382. The standard InChI is InChI=1S/C16H16N2O2S/c1-10-8-12(16(18)21)2-3-13(10)9-20-14-6-4-11(5-7-14)15(17)19/h2-8H,9H2,1H3,(H2,17,19)(H2,18,21). The number of benzene rings is 2. The van der Waals surface area contributed by atoms with Crippen LogP contribution in [-0.2, 0) is 6.61 Å². The van der Waals surface area contributed by atoms with E-state index in [0.29, 0.717) is 22.9 Å². The predicted molar refractivity (Wildman–Crippen MR) is 86.4 cm³/mol. The molecule has 0 spiro atoms. The van der Waals surface area contributed by atoms with Gasteiger partial charge in [0.2, 0.25) is 5.91 Å². The van der Waals surface area contributed by atoms with Gasteiger partial charge in [0, 0.05) is 11.1 Å². The van der Waals surface area contributed by atoms with Crippen molar-refractivity contribution in [2.24, 2.45) is 11.5 Å². The Morgan fingerprint density at radius 1 is 1.10 bits per heavy atom. The molecule has 0 radical (unpaired) electrons. The molecule has 0 aromatic heterocycles. The number of ether oxygens (including phenoxy) is 1. The Hall–Kier alpha value is -2.40. The molecule has 2 aromatic carbocycles. The van der Waals surface area contributed by atoms with Crippen LogP contribution >= 0.6 is 12.2 Å². The van der Waals surface area contributed by atoms with Crippen LogP contribution in [0.25, 0.3) is 0 Å². The smallest absolute Gasteiger partial charge is 0.248 e. The maximum Gasteiger partial charge on any atom is 0.248 e. The SMILES string of the molecule is Cc1cc(C(N)=S)ccc1COc1ccc(C(N)=O)cc1. The molecule has 2 rings (SSSR count). The summed E-state index contributed by atoms with van der Waals surface area (Å²) in [7, 11) is 0. The molecule has 0 unspecified atom stereocenters. The van der Waals surface area contributed by atoms with Crippen LogP contribution in [0, 0.1) is 6.92 Å². The van der Waals surface area contributed by atoms with E-state index in [0.717, 1.165) is 16.7 Å². The molecule has 4 nitrogen and oxygen atoms in total. The largest absolute Gasteiger partial charge is 0.489 e. The minimum atomic E-state index is -0.453. The van der Waals surface area contributed by atoms with Crippen molar-refractivity contribution < 1.29 is 9.53 Å². The van der Waals surface area contributed by atoms with Gasteiger partial charge in [0.1, 0.15) is 17.3 Å². The van der Waals surface area contributed by atoms with E-state index in [1.165, 1.54) is 0 Å². The highest BCUT2D eigenvalue weighted by molar-refractivity contribution is 7.80. The highest BCUT2D eigenvalue weighted by Crippen LogP contribution is 2.17. The van der Waals surface area contributed by atoms with Crippen molar-refractivity contribution in [3.8, 4) is 5.75 Å². The third kappa shape index (κ3) is 3.79. The molecule has 0 aliphatic rings. The predicted octanol–water partition coefficient (Wildman–Crippen LogP) is 2.31. The summed E-state index contributed by atoms with van der Waals surface area (Å²) in [4.78, 5) is 11.4. The zero-order valence-electron chi connectivity index (χ0n) is 11.6. The first-order chi connectivity index (χ1) is 9.97. The van der Waals surface area contributed by atoms with Crippen molar-refractivity contribution in [2.45, 2.75) is 13.5 Å². The first-order valence-electron chi connectivity index (χ1n) is 6.39. The lowest BCUT2D eigenvalue weighted by Gasteiger charge is -2.10. The van der Waals surface area contributed by atoms with Crippen LogP contribution in [0.3, 0.4) is 0 Å². The molecule has 0 saturated carbocycles. The molecular formula is C16H16N2O2S. The van der Waals surface area contributed by atoms with Crippen LogP contribution in [0.2, 0.25) is 0 Å². The maximum absolute atomic E-state index is 11.0. The van der Waals surface area contributed by atoms with E-state index in [-0.39, 0.29) is 0 Å². The second kappa shape index (κ2) is 6.37. The summed E-state index contributed by atoms with van der Waals surface area (Å²) in [6.07, 6.45) is 0. The van der Waals surface area contributed by atoms with Crippen molar-refractivity contribution in [1.29, 1.82) is 0 Å². The van der Waals surface area contributed by atoms with Gasteiger partial charge in [-0.15, -0.1) is 0 Å². The second-order valence-electron chi connectivity index (χ2n) is 4.68. The number of primary amides is 1. The van der Waals surface area contributed by atoms with Crippen LogP contribution in [0.4, 0.5) is 0 Å². The highest BCUT2D eigenvalue weighted by atomic mass is 32.1. The van der Waals surface area contributed by atoms with Gasteiger partial charge < -0.3 is 16.2 Å². The highest BCUT2D eigenvalue weighted by Gasteiger charge is 2.04. The molecule has 0 fully saturated rings. The lowest BCUT2D eigenvalue weighted by Crippen LogP contribution is -2.10. The lowest BCUT2D eigenvalue weighted by atomic mass is 10.1. The fraction of sp³-hybridized carbons (Fsp3) is 0.125. The van der Waals surface area contributed by atoms with Crippen LogP contribution < -0.4 is 16.2 Å². The maximum atomic E-state index is 11.0. The molecular weight excluding hydrogens is 284 g/mol. The summed E-state index contributed by atoms with van der Waals surface area (Å²) < 4.78 is 5.69. The Morgan fingerprint density at radius 2 is 1.71 bits per heavy atom.